The van der Waals surface area contributed by atoms with Gasteiger partial charge in [0.2, 0.25) is 11.8 Å². The molecule has 1 unspecified atom stereocenters. The Morgan fingerprint density at radius 3 is 2.74 bits per heavy atom. The van der Waals surface area contributed by atoms with Crippen LogP contribution < -0.4 is 0 Å². The molecule has 2 amide bonds. The third-order valence-electron chi connectivity index (χ3n) is 3.82. The van der Waals surface area contributed by atoms with E-state index < -0.39 is 8.07 Å². The van der Waals surface area contributed by atoms with Crippen molar-refractivity contribution in [2.24, 2.45) is 0 Å². The number of piperidine rings is 1. The number of nitrogens with zero attached hydrogens (tertiary/aromatic N) is 2. The molecule has 2 heterocycles. The molecule has 2 rings (SSSR count). The monoisotopic (exact) mass is 398 g/mol. The largest absolute Gasteiger partial charge is 0.361 e. The Morgan fingerprint density at radius 1 is 1.35 bits per heavy atom. The van der Waals surface area contributed by atoms with Crippen molar-refractivity contribution in [2.45, 2.75) is 44.4 Å². The highest BCUT2D eigenvalue weighted by Gasteiger charge is 2.36. The van der Waals surface area contributed by atoms with Crippen molar-refractivity contribution < 1.29 is 14.3 Å². The van der Waals surface area contributed by atoms with Crippen molar-refractivity contribution in [1.29, 1.82) is 0 Å². The van der Waals surface area contributed by atoms with Crippen LogP contribution in [0.1, 0.15) is 24.5 Å². The highest BCUT2D eigenvalue weighted by molar-refractivity contribution is 9.10. The van der Waals surface area contributed by atoms with E-state index in [1.54, 1.807) is 0 Å². The standard InChI is InChI=1S/C16H23BrN2O3Si/c1-23(2,3)10-9-22-11-19-15(20)8-7-12(16(19)21)13-5-4-6-14(17)18-13/h4-6,12H,7-11H2,1-3H3. The SMILES string of the molecule is C[Si](C)(C)CCOCN1C(=O)CCC(c2cccc(Br)n2)C1=O. The lowest BCUT2D eigenvalue weighted by Crippen LogP contribution is -2.45. The third kappa shape index (κ3) is 5.22. The first-order valence-electron chi connectivity index (χ1n) is 7.82. The van der Waals surface area contributed by atoms with Gasteiger partial charge in [-0.25, -0.2) is 4.98 Å². The Labute approximate surface area is 146 Å². The van der Waals surface area contributed by atoms with Crippen molar-refractivity contribution >= 4 is 35.8 Å². The molecule has 23 heavy (non-hydrogen) atoms. The van der Waals surface area contributed by atoms with Crippen molar-refractivity contribution in [3.63, 3.8) is 0 Å². The van der Waals surface area contributed by atoms with Gasteiger partial charge in [0.15, 0.2) is 0 Å². The minimum atomic E-state index is -1.18. The van der Waals surface area contributed by atoms with Crippen LogP contribution in [0.4, 0.5) is 0 Å². The predicted octanol–water partition coefficient (Wildman–Crippen LogP) is 3.39. The van der Waals surface area contributed by atoms with Crippen LogP contribution in [0.25, 0.3) is 0 Å². The lowest BCUT2D eigenvalue weighted by Gasteiger charge is -2.30. The summed E-state index contributed by atoms with van der Waals surface area (Å²) < 4.78 is 6.28. The molecule has 0 aliphatic carbocycles. The molecular weight excluding hydrogens is 376 g/mol. The average molecular weight is 399 g/mol. The summed E-state index contributed by atoms with van der Waals surface area (Å²) >= 11 is 3.32. The van der Waals surface area contributed by atoms with E-state index >= 15 is 0 Å². The Kier molecular flexibility index (Phi) is 6.10. The Hall–Kier alpha value is -1.05. The van der Waals surface area contributed by atoms with Crippen LogP contribution in [-0.2, 0) is 14.3 Å². The van der Waals surface area contributed by atoms with Gasteiger partial charge in [-0.3, -0.25) is 14.5 Å². The van der Waals surface area contributed by atoms with E-state index in [2.05, 4.69) is 40.6 Å². The number of amides is 2. The number of aromatic nitrogens is 1. The molecule has 0 bridgehead atoms. The van der Waals surface area contributed by atoms with Gasteiger partial charge in [0.05, 0.1) is 11.6 Å². The van der Waals surface area contributed by atoms with Gasteiger partial charge in [0, 0.05) is 21.1 Å². The molecule has 0 aromatic carbocycles. The zero-order chi connectivity index (χ0) is 17.0. The highest BCUT2D eigenvalue weighted by Crippen LogP contribution is 2.28. The number of pyridine rings is 1. The number of likely N-dealkylation sites (tertiary alicyclic amines) is 1. The number of hydrogen-bond donors (Lipinski definition) is 0. The summed E-state index contributed by atoms with van der Waals surface area (Å²) in [6.45, 7) is 7.44. The zero-order valence-electron chi connectivity index (χ0n) is 13.8. The van der Waals surface area contributed by atoms with Crippen LogP contribution in [0, 0.1) is 0 Å². The Bertz CT molecular complexity index is 589. The molecule has 126 valence electrons. The van der Waals surface area contributed by atoms with E-state index in [0.717, 1.165) is 6.04 Å². The van der Waals surface area contributed by atoms with E-state index in [4.69, 9.17) is 4.74 Å². The van der Waals surface area contributed by atoms with Gasteiger partial charge in [-0.1, -0.05) is 25.7 Å². The maximum Gasteiger partial charge on any atom is 0.240 e. The van der Waals surface area contributed by atoms with E-state index in [0.29, 0.717) is 29.7 Å². The number of carbonyl (C=O) groups is 2. The molecule has 1 aromatic heterocycles. The average Bonchev–Trinajstić information content (AvgIpc) is 2.45. The predicted molar refractivity (Wildman–Crippen MR) is 94.7 cm³/mol. The van der Waals surface area contributed by atoms with Crippen LogP contribution in [0.15, 0.2) is 22.8 Å². The van der Waals surface area contributed by atoms with Gasteiger partial charge in [-0.05, 0) is 40.5 Å². The molecule has 1 aromatic rings. The first-order valence-corrected chi connectivity index (χ1v) is 12.3. The van der Waals surface area contributed by atoms with E-state index in [1.165, 1.54) is 4.90 Å². The lowest BCUT2D eigenvalue weighted by molar-refractivity contribution is -0.155. The molecule has 0 spiro atoms. The maximum absolute atomic E-state index is 12.6. The number of carbonyl (C=O) groups excluding carboxylic acids is 2. The van der Waals surface area contributed by atoms with Gasteiger partial charge in [-0.2, -0.15) is 0 Å². The van der Waals surface area contributed by atoms with Gasteiger partial charge in [0.1, 0.15) is 11.3 Å². The topological polar surface area (TPSA) is 59.5 Å². The lowest BCUT2D eigenvalue weighted by atomic mass is 9.93. The summed E-state index contributed by atoms with van der Waals surface area (Å²) in [6, 6.07) is 6.51. The minimum Gasteiger partial charge on any atom is -0.361 e. The van der Waals surface area contributed by atoms with E-state index in [-0.39, 0.29) is 24.5 Å². The minimum absolute atomic E-state index is 0.0483. The Morgan fingerprint density at radius 2 is 2.09 bits per heavy atom. The van der Waals surface area contributed by atoms with Gasteiger partial charge in [0.25, 0.3) is 0 Å². The Balaban J connectivity index is 1.99. The molecular formula is C16H23BrN2O3Si. The summed E-state index contributed by atoms with van der Waals surface area (Å²) in [4.78, 5) is 30.3. The molecule has 1 saturated heterocycles. The highest BCUT2D eigenvalue weighted by atomic mass is 79.9. The second-order valence-corrected chi connectivity index (χ2v) is 13.4. The molecule has 5 nitrogen and oxygen atoms in total. The first-order chi connectivity index (χ1) is 10.8. The zero-order valence-corrected chi connectivity index (χ0v) is 16.4. The number of rotatable bonds is 6. The summed E-state index contributed by atoms with van der Waals surface area (Å²) in [5, 5.41) is 0. The fraction of sp³-hybridized carbons (Fsp3) is 0.562. The van der Waals surface area contributed by atoms with E-state index in [9.17, 15) is 9.59 Å². The van der Waals surface area contributed by atoms with Crippen molar-refractivity contribution in [3.05, 3.63) is 28.5 Å². The normalized spacial score (nSPS) is 19.3. The van der Waals surface area contributed by atoms with Crippen LogP contribution in [0.5, 0.6) is 0 Å². The number of ether oxygens (including phenoxy) is 1. The number of hydrogen-bond acceptors (Lipinski definition) is 4. The second-order valence-electron chi connectivity index (χ2n) is 6.98. The van der Waals surface area contributed by atoms with Gasteiger partial charge >= 0.3 is 0 Å². The fourth-order valence-corrected chi connectivity index (χ4v) is 3.51. The maximum atomic E-state index is 12.6. The second kappa shape index (κ2) is 7.68. The van der Waals surface area contributed by atoms with Crippen molar-refractivity contribution in [3.8, 4) is 0 Å². The van der Waals surface area contributed by atoms with Gasteiger partial charge in [-0.15, -0.1) is 0 Å². The molecule has 1 atom stereocenters. The fourth-order valence-electron chi connectivity index (χ4n) is 2.40. The third-order valence-corrected chi connectivity index (χ3v) is 5.97. The quantitative estimate of drug-likeness (QED) is 0.319. The molecule has 0 saturated carbocycles. The molecule has 1 fully saturated rings. The molecule has 1 aliphatic heterocycles. The molecule has 0 N–H and O–H groups in total. The van der Waals surface area contributed by atoms with E-state index in [1.807, 2.05) is 18.2 Å². The van der Waals surface area contributed by atoms with Crippen LogP contribution in [-0.4, -0.2) is 43.1 Å². The van der Waals surface area contributed by atoms with Crippen molar-refractivity contribution in [1.82, 2.24) is 9.88 Å². The van der Waals surface area contributed by atoms with Gasteiger partial charge < -0.3 is 4.74 Å². The summed E-state index contributed by atoms with van der Waals surface area (Å²) in [5.41, 5.74) is 0.698. The van der Waals surface area contributed by atoms with Crippen LogP contribution >= 0.6 is 15.9 Å². The summed E-state index contributed by atoms with van der Waals surface area (Å²) in [7, 11) is -1.18. The number of halogens is 1. The summed E-state index contributed by atoms with van der Waals surface area (Å²) in [5.74, 6) is -0.736. The van der Waals surface area contributed by atoms with Crippen molar-refractivity contribution in [2.75, 3.05) is 13.3 Å². The number of imide groups is 1. The van der Waals surface area contributed by atoms with Crippen LogP contribution in [0.2, 0.25) is 25.7 Å². The molecule has 7 heteroatoms. The molecule has 1 aliphatic rings. The smallest absolute Gasteiger partial charge is 0.240 e. The molecule has 0 radical (unpaired) electrons. The summed E-state index contributed by atoms with van der Waals surface area (Å²) in [6.07, 6.45) is 0.856. The first kappa shape index (κ1) is 18.3. The van der Waals surface area contributed by atoms with Crippen LogP contribution in [0.3, 0.4) is 0 Å².